The van der Waals surface area contributed by atoms with Gasteiger partial charge in [0, 0.05) is 49.2 Å². The van der Waals surface area contributed by atoms with Crippen molar-refractivity contribution in [3.8, 4) is 0 Å². The average molecular weight is 327 g/mol. The molecule has 1 saturated carbocycles. The van der Waals surface area contributed by atoms with Gasteiger partial charge in [0.05, 0.1) is 5.60 Å². The predicted octanol–water partition coefficient (Wildman–Crippen LogP) is 2.44. The van der Waals surface area contributed by atoms with Gasteiger partial charge in [0.2, 0.25) is 5.91 Å². The van der Waals surface area contributed by atoms with E-state index in [0.29, 0.717) is 18.8 Å². The molecule has 1 aliphatic carbocycles. The van der Waals surface area contributed by atoms with E-state index in [1.165, 1.54) is 5.39 Å². The molecule has 0 radical (unpaired) electrons. The Morgan fingerprint density at radius 3 is 2.62 bits per heavy atom. The second kappa shape index (κ2) is 5.59. The highest BCUT2D eigenvalue weighted by Crippen LogP contribution is 2.39. The lowest BCUT2D eigenvalue weighted by Gasteiger charge is -2.43. The Morgan fingerprint density at radius 2 is 1.96 bits per heavy atom. The van der Waals surface area contributed by atoms with E-state index in [1.807, 2.05) is 25.1 Å². The number of amides is 1. The van der Waals surface area contributed by atoms with Crippen molar-refractivity contribution in [1.82, 2.24) is 14.5 Å². The van der Waals surface area contributed by atoms with Crippen molar-refractivity contribution in [2.45, 2.75) is 44.1 Å². The third-order valence-corrected chi connectivity index (χ3v) is 5.69. The Morgan fingerprint density at radius 1 is 1.25 bits per heavy atom. The van der Waals surface area contributed by atoms with Gasteiger partial charge in [0.15, 0.2) is 0 Å². The molecule has 1 aliphatic heterocycles. The van der Waals surface area contributed by atoms with E-state index in [-0.39, 0.29) is 11.8 Å². The van der Waals surface area contributed by atoms with Crippen LogP contribution in [0.4, 0.5) is 0 Å². The van der Waals surface area contributed by atoms with Crippen LogP contribution in [0.2, 0.25) is 0 Å². The van der Waals surface area contributed by atoms with E-state index in [9.17, 15) is 9.90 Å². The Hall–Kier alpha value is -1.88. The molecular weight excluding hydrogens is 302 g/mol. The van der Waals surface area contributed by atoms with Crippen LogP contribution in [0.5, 0.6) is 0 Å². The normalized spacial score (nSPS) is 28.1. The molecule has 0 spiro atoms. The van der Waals surface area contributed by atoms with E-state index in [4.69, 9.17) is 4.98 Å². The summed E-state index contributed by atoms with van der Waals surface area (Å²) in [6.45, 7) is 3.42. The first kappa shape index (κ1) is 15.6. The molecule has 3 heterocycles. The van der Waals surface area contributed by atoms with Crippen molar-refractivity contribution in [2.75, 3.05) is 13.1 Å². The minimum atomic E-state index is -0.632. The molecule has 1 amide bonds. The number of aliphatic hydroxyl groups is 1. The number of fused-ring (bicyclic) bond motifs is 1. The number of nitrogens with zero attached hydrogens (tertiary/aromatic N) is 3. The summed E-state index contributed by atoms with van der Waals surface area (Å²) in [4.78, 5) is 19.3. The number of hydrogen-bond acceptors (Lipinski definition) is 3. The van der Waals surface area contributed by atoms with Crippen LogP contribution in [0.15, 0.2) is 24.4 Å². The standard InChI is InChI=1S/C19H25N3O2/c1-19(24)11-15(12-19)18(23)22-9-6-13(7-10-22)16-4-3-14-5-8-21(2)17(14)20-16/h3-5,8,13,15,24H,6-7,9-12H2,1-2H3. The maximum atomic E-state index is 12.5. The van der Waals surface area contributed by atoms with Crippen molar-refractivity contribution in [2.24, 2.45) is 13.0 Å². The fourth-order valence-electron chi connectivity index (χ4n) is 4.21. The molecule has 2 aliphatic rings. The molecule has 0 bridgehead atoms. The van der Waals surface area contributed by atoms with Crippen LogP contribution >= 0.6 is 0 Å². The summed E-state index contributed by atoms with van der Waals surface area (Å²) in [5, 5.41) is 11.0. The number of aryl methyl sites for hydroxylation is 1. The van der Waals surface area contributed by atoms with Crippen LogP contribution in [0.25, 0.3) is 11.0 Å². The van der Waals surface area contributed by atoms with Gasteiger partial charge in [-0.3, -0.25) is 4.79 Å². The zero-order chi connectivity index (χ0) is 16.9. The molecule has 0 unspecified atom stereocenters. The largest absolute Gasteiger partial charge is 0.390 e. The molecule has 128 valence electrons. The Bertz CT molecular complexity index is 764. The van der Waals surface area contributed by atoms with Crippen molar-refractivity contribution in [3.05, 3.63) is 30.1 Å². The number of carbonyl (C=O) groups is 1. The first-order valence-corrected chi connectivity index (χ1v) is 8.86. The molecule has 1 saturated heterocycles. The zero-order valence-electron chi connectivity index (χ0n) is 14.4. The summed E-state index contributed by atoms with van der Waals surface area (Å²) in [7, 11) is 2.02. The maximum absolute atomic E-state index is 12.5. The molecule has 2 fully saturated rings. The van der Waals surface area contributed by atoms with Gasteiger partial charge in [-0.2, -0.15) is 0 Å². The van der Waals surface area contributed by atoms with Gasteiger partial charge in [-0.05, 0) is 50.8 Å². The minimum absolute atomic E-state index is 0.0226. The monoisotopic (exact) mass is 327 g/mol. The van der Waals surface area contributed by atoms with E-state index in [1.54, 1.807) is 0 Å². The lowest BCUT2D eigenvalue weighted by Crippen LogP contribution is -2.51. The molecule has 5 heteroatoms. The third kappa shape index (κ3) is 2.71. The Labute approximate surface area is 142 Å². The van der Waals surface area contributed by atoms with Gasteiger partial charge in [0.1, 0.15) is 5.65 Å². The van der Waals surface area contributed by atoms with Gasteiger partial charge in [-0.15, -0.1) is 0 Å². The summed E-state index contributed by atoms with van der Waals surface area (Å²) >= 11 is 0. The molecular formula is C19H25N3O2. The van der Waals surface area contributed by atoms with Crippen molar-refractivity contribution >= 4 is 16.9 Å². The Balaban J connectivity index is 1.40. The predicted molar refractivity (Wildman–Crippen MR) is 92.6 cm³/mol. The van der Waals surface area contributed by atoms with E-state index in [2.05, 4.69) is 22.8 Å². The molecule has 0 atom stereocenters. The summed E-state index contributed by atoms with van der Waals surface area (Å²) in [5.74, 6) is 0.679. The first-order chi connectivity index (χ1) is 11.4. The lowest BCUT2D eigenvalue weighted by atomic mass is 9.71. The summed E-state index contributed by atoms with van der Waals surface area (Å²) in [6, 6.07) is 6.36. The van der Waals surface area contributed by atoms with E-state index >= 15 is 0 Å². The Kier molecular flexibility index (Phi) is 3.64. The molecule has 4 rings (SSSR count). The summed E-state index contributed by atoms with van der Waals surface area (Å²) < 4.78 is 2.06. The second-order valence-electron chi connectivity index (χ2n) is 7.78. The van der Waals surface area contributed by atoms with Crippen molar-refractivity contribution in [3.63, 3.8) is 0 Å². The molecule has 0 aromatic carbocycles. The lowest BCUT2D eigenvalue weighted by molar-refractivity contribution is -0.150. The van der Waals surface area contributed by atoms with Gasteiger partial charge >= 0.3 is 0 Å². The molecule has 1 N–H and O–H groups in total. The highest BCUT2D eigenvalue weighted by atomic mass is 16.3. The highest BCUT2D eigenvalue weighted by molar-refractivity contribution is 5.80. The fraction of sp³-hybridized carbons (Fsp3) is 0.579. The maximum Gasteiger partial charge on any atom is 0.225 e. The number of likely N-dealkylation sites (tertiary alicyclic amines) is 1. The number of carbonyl (C=O) groups excluding carboxylic acids is 1. The smallest absolute Gasteiger partial charge is 0.225 e. The fourth-order valence-corrected chi connectivity index (χ4v) is 4.21. The number of hydrogen-bond donors (Lipinski definition) is 1. The summed E-state index contributed by atoms with van der Waals surface area (Å²) in [6.07, 6.45) is 5.20. The van der Waals surface area contributed by atoms with E-state index < -0.39 is 5.60 Å². The molecule has 5 nitrogen and oxygen atoms in total. The first-order valence-electron chi connectivity index (χ1n) is 8.86. The van der Waals surface area contributed by atoms with Gasteiger partial charge in [-0.1, -0.05) is 0 Å². The minimum Gasteiger partial charge on any atom is -0.390 e. The number of rotatable bonds is 2. The molecule has 24 heavy (non-hydrogen) atoms. The van der Waals surface area contributed by atoms with Crippen molar-refractivity contribution in [1.29, 1.82) is 0 Å². The molecule has 2 aromatic rings. The SMILES string of the molecule is Cn1ccc2ccc(C3CCN(C(=O)C4CC(C)(O)C4)CC3)nc21. The van der Waals surface area contributed by atoms with E-state index in [0.717, 1.165) is 37.3 Å². The average Bonchev–Trinajstić information content (AvgIpc) is 2.93. The van der Waals surface area contributed by atoms with Gasteiger partial charge < -0.3 is 14.6 Å². The number of pyridine rings is 1. The second-order valence-corrected chi connectivity index (χ2v) is 7.78. The van der Waals surface area contributed by atoms with Crippen LogP contribution < -0.4 is 0 Å². The third-order valence-electron chi connectivity index (χ3n) is 5.69. The highest BCUT2D eigenvalue weighted by Gasteiger charge is 2.44. The van der Waals surface area contributed by atoms with Crippen LogP contribution in [0.1, 0.15) is 44.2 Å². The van der Waals surface area contributed by atoms with Crippen LogP contribution in [-0.4, -0.2) is 44.2 Å². The topological polar surface area (TPSA) is 58.4 Å². The number of aromatic nitrogens is 2. The molecule has 2 aromatic heterocycles. The number of piperidine rings is 1. The van der Waals surface area contributed by atoms with Crippen molar-refractivity contribution < 1.29 is 9.90 Å². The van der Waals surface area contributed by atoms with Crippen LogP contribution in [-0.2, 0) is 11.8 Å². The zero-order valence-corrected chi connectivity index (χ0v) is 14.4. The van der Waals surface area contributed by atoms with Gasteiger partial charge in [-0.25, -0.2) is 4.98 Å². The quantitative estimate of drug-likeness (QED) is 0.922. The van der Waals surface area contributed by atoms with Crippen LogP contribution in [0, 0.1) is 5.92 Å². The van der Waals surface area contributed by atoms with Gasteiger partial charge in [0.25, 0.3) is 0 Å². The van der Waals surface area contributed by atoms with Crippen LogP contribution in [0.3, 0.4) is 0 Å². The summed E-state index contributed by atoms with van der Waals surface area (Å²) in [5.41, 5.74) is 1.54.